The molecule has 11 nitrogen and oxygen atoms in total. The van der Waals surface area contributed by atoms with Crippen LogP contribution in [0.25, 0.3) is 0 Å². The second-order valence-electron chi connectivity index (χ2n) is 10.8. The second-order valence-corrected chi connectivity index (χ2v) is 12.5. The maximum Gasteiger partial charge on any atom is 0.407 e. The van der Waals surface area contributed by atoms with E-state index in [1.54, 1.807) is 55.7 Å². The number of sulfonamides is 1. The molecule has 2 unspecified atom stereocenters. The maximum atomic E-state index is 15.3. The van der Waals surface area contributed by atoms with Crippen molar-refractivity contribution in [3.63, 3.8) is 0 Å². The van der Waals surface area contributed by atoms with Crippen molar-refractivity contribution in [2.45, 2.75) is 23.3 Å². The van der Waals surface area contributed by atoms with Gasteiger partial charge in [-0.05, 0) is 67.6 Å². The van der Waals surface area contributed by atoms with Crippen LogP contribution in [0.1, 0.15) is 23.6 Å². The summed E-state index contributed by atoms with van der Waals surface area (Å²) in [6, 6.07) is 19.2. The number of hydrogen-bond acceptors (Lipinski definition) is 8. The molecule has 3 aromatic carbocycles. The number of nitrogens with zero attached hydrogens (tertiary/aromatic N) is 5. The van der Waals surface area contributed by atoms with Gasteiger partial charge < -0.3 is 19.6 Å². The predicted octanol–water partition coefficient (Wildman–Crippen LogP) is 4.38. The highest BCUT2D eigenvalue weighted by molar-refractivity contribution is 7.93. The summed E-state index contributed by atoms with van der Waals surface area (Å²) in [6.07, 6.45) is 1.89. The van der Waals surface area contributed by atoms with Crippen molar-refractivity contribution in [2.75, 3.05) is 35.4 Å². The van der Waals surface area contributed by atoms with Gasteiger partial charge in [-0.15, -0.1) is 0 Å². The van der Waals surface area contributed by atoms with Gasteiger partial charge in [0.05, 0.1) is 34.9 Å². The van der Waals surface area contributed by atoms with E-state index in [4.69, 9.17) is 4.74 Å². The van der Waals surface area contributed by atoms with Crippen LogP contribution in [0, 0.1) is 17.1 Å². The van der Waals surface area contributed by atoms with Gasteiger partial charge in [0.1, 0.15) is 17.0 Å². The van der Waals surface area contributed by atoms with Crippen LogP contribution in [-0.2, 0) is 20.2 Å². The van der Waals surface area contributed by atoms with E-state index in [0.717, 1.165) is 34.9 Å². The van der Waals surface area contributed by atoms with Gasteiger partial charge in [-0.2, -0.15) is 5.26 Å². The number of fused-ring (bicyclic) bond motifs is 1. The van der Waals surface area contributed by atoms with Crippen LogP contribution < -0.4 is 13.9 Å². The Kier molecular flexibility index (Phi) is 7.83. The highest BCUT2D eigenvalue weighted by atomic mass is 32.2. The van der Waals surface area contributed by atoms with Crippen LogP contribution in [0.4, 0.5) is 20.6 Å². The first kappa shape index (κ1) is 30.5. The van der Waals surface area contributed by atoms with E-state index >= 15 is 4.79 Å². The van der Waals surface area contributed by atoms with E-state index in [2.05, 4.69) is 11.1 Å². The number of ether oxygens (including phenoxy) is 1. The highest BCUT2D eigenvalue weighted by Gasteiger charge is 2.63. The van der Waals surface area contributed by atoms with E-state index in [-0.39, 0.29) is 59.3 Å². The van der Waals surface area contributed by atoms with E-state index < -0.39 is 39.3 Å². The van der Waals surface area contributed by atoms with Crippen molar-refractivity contribution in [3.8, 4) is 11.8 Å². The molecule has 0 aliphatic carbocycles. The van der Waals surface area contributed by atoms with Crippen LogP contribution in [-0.4, -0.2) is 67.7 Å². The van der Waals surface area contributed by atoms with Crippen LogP contribution >= 0.6 is 0 Å². The Morgan fingerprint density at radius 2 is 1.78 bits per heavy atom. The number of piperazine rings is 1. The van der Waals surface area contributed by atoms with E-state index in [1.165, 1.54) is 18.2 Å². The summed E-state index contributed by atoms with van der Waals surface area (Å²) in [7, 11) is -4.68. The Hall–Kier alpha value is -5.48. The first-order valence-corrected chi connectivity index (χ1v) is 15.8. The van der Waals surface area contributed by atoms with Gasteiger partial charge in [-0.1, -0.05) is 18.2 Å². The van der Waals surface area contributed by atoms with Crippen molar-refractivity contribution in [2.24, 2.45) is 0 Å². The molecule has 0 radical (unpaired) electrons. The molecule has 0 saturated carbocycles. The first-order chi connectivity index (χ1) is 22.1. The third kappa shape index (κ3) is 4.78. The number of para-hydroxylation sites is 1. The Bertz CT molecular complexity index is 1970. The Morgan fingerprint density at radius 3 is 2.46 bits per heavy atom. The monoisotopic (exact) mass is 641 g/mol. The molecule has 0 bridgehead atoms. The Labute approximate surface area is 264 Å². The summed E-state index contributed by atoms with van der Waals surface area (Å²) in [5, 5.41) is 20.5. The average Bonchev–Trinajstić information content (AvgIpc) is 3.33. The molecule has 2 atom stereocenters. The number of amides is 2. The zero-order valence-electron chi connectivity index (χ0n) is 24.6. The lowest BCUT2D eigenvalue weighted by molar-refractivity contribution is -0.122. The van der Waals surface area contributed by atoms with Crippen LogP contribution in [0.2, 0.25) is 0 Å². The normalized spacial score (nSPS) is 19.5. The fourth-order valence-corrected chi connectivity index (χ4v) is 7.91. The summed E-state index contributed by atoms with van der Waals surface area (Å²) >= 11 is 0. The average molecular weight is 642 g/mol. The molecule has 46 heavy (non-hydrogen) atoms. The largest absolute Gasteiger partial charge is 0.494 e. The van der Waals surface area contributed by atoms with Gasteiger partial charge >= 0.3 is 6.09 Å². The minimum atomic E-state index is -4.68. The number of aromatic nitrogens is 1. The number of carbonyl (C=O) groups is 2. The Balaban J connectivity index is 1.69. The fraction of sp³-hybridized carbons (Fsp3) is 0.212. The highest BCUT2D eigenvalue weighted by Crippen LogP contribution is 2.54. The van der Waals surface area contributed by atoms with Crippen molar-refractivity contribution in [3.05, 3.63) is 114 Å². The van der Waals surface area contributed by atoms with Gasteiger partial charge in [0.2, 0.25) is 0 Å². The smallest absolute Gasteiger partial charge is 0.407 e. The van der Waals surface area contributed by atoms with Gasteiger partial charge in [0.25, 0.3) is 15.9 Å². The summed E-state index contributed by atoms with van der Waals surface area (Å²) < 4.78 is 49.2. The fourth-order valence-electron chi connectivity index (χ4n) is 6.44. The zero-order chi connectivity index (χ0) is 32.6. The summed E-state index contributed by atoms with van der Waals surface area (Å²) in [6.45, 7) is 2.19. The number of benzene rings is 3. The molecule has 1 fully saturated rings. The molecule has 2 aliphatic rings. The van der Waals surface area contributed by atoms with Crippen LogP contribution in [0.3, 0.4) is 0 Å². The van der Waals surface area contributed by atoms with Crippen molar-refractivity contribution >= 4 is 33.4 Å². The number of carbonyl (C=O) groups excluding carboxylic acids is 1. The van der Waals surface area contributed by atoms with Crippen molar-refractivity contribution in [1.82, 2.24) is 9.88 Å². The molecule has 1 N–H and O–H groups in total. The van der Waals surface area contributed by atoms with Crippen molar-refractivity contribution < 1.29 is 32.2 Å². The number of carboxylic acid groups (broad SMARTS) is 1. The number of rotatable bonds is 7. The topological polar surface area (TPSA) is 144 Å². The maximum absolute atomic E-state index is 15.3. The summed E-state index contributed by atoms with van der Waals surface area (Å²) in [5.74, 6) is -1.37. The third-order valence-corrected chi connectivity index (χ3v) is 10.1. The van der Waals surface area contributed by atoms with E-state index in [0.29, 0.717) is 4.31 Å². The molecule has 4 aromatic rings. The van der Waals surface area contributed by atoms with Gasteiger partial charge in [-0.25, -0.2) is 21.9 Å². The van der Waals surface area contributed by atoms with Crippen molar-refractivity contribution in [1.29, 1.82) is 5.26 Å². The number of halogens is 1. The number of pyridine rings is 1. The molecule has 1 aromatic heterocycles. The van der Waals surface area contributed by atoms with Gasteiger partial charge in [-0.3, -0.25) is 9.78 Å². The first-order valence-electron chi connectivity index (χ1n) is 14.4. The lowest BCUT2D eigenvalue weighted by Gasteiger charge is -2.48. The lowest BCUT2D eigenvalue weighted by Crippen LogP contribution is -2.66. The molecule has 1 saturated heterocycles. The number of hydrogen-bond donors (Lipinski definition) is 1. The number of anilines is 2. The predicted molar refractivity (Wildman–Crippen MR) is 166 cm³/mol. The quantitative estimate of drug-likeness (QED) is 0.311. The second kappa shape index (κ2) is 11.8. The molecule has 2 amide bonds. The minimum absolute atomic E-state index is 0.0217. The molecule has 234 valence electrons. The van der Waals surface area contributed by atoms with Gasteiger partial charge in [0, 0.05) is 48.8 Å². The SMILES string of the molecule is CCOc1ccccc1C1(C2CN(c3ccncc3)CCN2C(=O)O)C(=O)N(S(=O)(=O)c2ccc(F)cc2)c2ccc(C#N)cc21. The molecular formula is C33H28FN5O6S. The van der Waals surface area contributed by atoms with Gasteiger partial charge in [0.15, 0.2) is 0 Å². The lowest BCUT2D eigenvalue weighted by atomic mass is 9.67. The molecule has 3 heterocycles. The summed E-state index contributed by atoms with van der Waals surface area (Å²) in [5.41, 5.74) is -0.832. The minimum Gasteiger partial charge on any atom is -0.494 e. The molecular weight excluding hydrogens is 613 g/mol. The molecule has 0 spiro atoms. The summed E-state index contributed by atoms with van der Waals surface area (Å²) in [4.78, 5) is 35.1. The third-order valence-electron chi connectivity index (χ3n) is 8.41. The zero-order valence-corrected chi connectivity index (χ0v) is 25.4. The molecule has 2 aliphatic heterocycles. The van der Waals surface area contributed by atoms with E-state index in [9.17, 15) is 28.0 Å². The van der Waals surface area contributed by atoms with Crippen LogP contribution in [0.15, 0.2) is 96.2 Å². The number of nitriles is 1. The standard InChI is InChI=1S/C33H28FN5O6S/c1-2-45-29-6-4-3-5-26(29)33(30-21-37(17-18-38(30)32(41)42)24-13-15-36-16-14-24)27-19-22(20-35)7-12-28(27)39(31(33)40)46(43,44)25-10-8-23(34)9-11-25/h3-16,19,30H,2,17-18,21H2,1H3,(H,41,42). The Morgan fingerprint density at radius 1 is 1.07 bits per heavy atom. The van der Waals surface area contributed by atoms with E-state index in [1.807, 2.05) is 4.90 Å². The van der Waals surface area contributed by atoms with Crippen LogP contribution in [0.5, 0.6) is 5.75 Å². The molecule has 6 rings (SSSR count). The molecule has 13 heteroatoms.